The van der Waals surface area contributed by atoms with Crippen molar-refractivity contribution in [1.82, 2.24) is 0 Å². The van der Waals surface area contributed by atoms with Crippen LogP contribution in [0.4, 0.5) is 0 Å². The van der Waals surface area contributed by atoms with Gasteiger partial charge in [0.25, 0.3) is 0 Å². The fraction of sp³-hybridized carbons (Fsp3) is 0.385. The van der Waals surface area contributed by atoms with E-state index in [1.807, 2.05) is 6.92 Å². The minimum absolute atomic E-state index is 0.225. The molecule has 2 unspecified atom stereocenters. The predicted octanol–water partition coefficient (Wildman–Crippen LogP) is 2.24. The number of alkyl halides is 1. The van der Waals surface area contributed by atoms with Crippen LogP contribution in [0.15, 0.2) is 18.2 Å². The fourth-order valence-corrected chi connectivity index (χ4v) is 2.03. The van der Waals surface area contributed by atoms with E-state index in [1.54, 1.807) is 18.2 Å². The number of carbonyl (C=O) groups is 2. The van der Waals surface area contributed by atoms with Crippen molar-refractivity contribution >= 4 is 23.4 Å². The first-order chi connectivity index (χ1) is 8.40. The van der Waals surface area contributed by atoms with Gasteiger partial charge in [0.1, 0.15) is 5.38 Å². The van der Waals surface area contributed by atoms with Gasteiger partial charge >= 0.3 is 5.97 Å². The Bertz CT molecular complexity index is 470. The summed E-state index contributed by atoms with van der Waals surface area (Å²) in [4.78, 5) is 22.3. The molecule has 0 amide bonds. The van der Waals surface area contributed by atoms with E-state index in [0.717, 1.165) is 0 Å². The second-order valence-corrected chi connectivity index (χ2v) is 4.42. The molecule has 2 N–H and O–H groups in total. The average molecular weight is 271 g/mol. The molecule has 0 spiro atoms. The van der Waals surface area contributed by atoms with Gasteiger partial charge in [0.2, 0.25) is 0 Å². The highest BCUT2D eigenvalue weighted by atomic mass is 35.5. The van der Waals surface area contributed by atoms with Crippen LogP contribution in [0, 0.1) is 0 Å². The molecule has 1 aromatic rings. The summed E-state index contributed by atoms with van der Waals surface area (Å²) in [5.41, 5.74) is 1.26. The molecular weight excluding hydrogens is 256 g/mol. The minimum atomic E-state index is -1.67. The van der Waals surface area contributed by atoms with Crippen LogP contribution >= 0.6 is 11.6 Å². The molecule has 4 nitrogen and oxygen atoms in total. The summed E-state index contributed by atoms with van der Waals surface area (Å²) in [6.45, 7) is 3.17. The molecule has 0 aliphatic rings. The van der Waals surface area contributed by atoms with Crippen LogP contribution in [0.5, 0.6) is 0 Å². The number of ketones is 1. The second kappa shape index (κ2) is 5.98. The van der Waals surface area contributed by atoms with E-state index < -0.39 is 17.5 Å². The number of rotatable bonds is 5. The van der Waals surface area contributed by atoms with Crippen molar-refractivity contribution < 1.29 is 19.8 Å². The maximum atomic E-state index is 11.3. The molecule has 0 radical (unpaired) electrons. The molecule has 0 fully saturated rings. The molecule has 0 aliphatic heterocycles. The maximum Gasteiger partial charge on any atom is 0.337 e. The highest BCUT2D eigenvalue weighted by Crippen LogP contribution is 2.32. The lowest BCUT2D eigenvalue weighted by Crippen LogP contribution is -2.17. The highest BCUT2D eigenvalue weighted by Gasteiger charge is 2.26. The fourth-order valence-electron chi connectivity index (χ4n) is 1.84. The molecule has 5 heteroatoms. The van der Waals surface area contributed by atoms with E-state index in [1.165, 1.54) is 6.92 Å². The summed E-state index contributed by atoms with van der Waals surface area (Å²) in [6, 6.07) is 4.99. The lowest BCUT2D eigenvalue weighted by atomic mass is 9.92. The van der Waals surface area contributed by atoms with E-state index in [0.29, 0.717) is 17.5 Å². The lowest BCUT2D eigenvalue weighted by molar-refractivity contribution is -0.147. The Hall–Kier alpha value is -1.39. The van der Waals surface area contributed by atoms with Crippen LogP contribution in [0.1, 0.15) is 42.0 Å². The van der Waals surface area contributed by atoms with Crippen LogP contribution < -0.4 is 0 Å². The number of hydrogen-bond acceptors (Lipinski definition) is 3. The topological polar surface area (TPSA) is 74.6 Å². The zero-order valence-electron chi connectivity index (χ0n) is 10.2. The maximum absolute atomic E-state index is 11.3. The molecule has 0 saturated carbocycles. The van der Waals surface area contributed by atoms with Crippen LogP contribution in [0.25, 0.3) is 0 Å². The van der Waals surface area contributed by atoms with Crippen molar-refractivity contribution in [1.29, 1.82) is 0 Å². The number of aliphatic carboxylic acids is 1. The zero-order chi connectivity index (χ0) is 13.9. The van der Waals surface area contributed by atoms with E-state index in [-0.39, 0.29) is 11.3 Å². The third kappa shape index (κ3) is 2.89. The molecule has 1 aromatic carbocycles. The number of benzene rings is 1. The number of aliphatic hydroxyl groups excluding tert-OH is 1. The smallest absolute Gasteiger partial charge is 0.337 e. The Kier molecular flexibility index (Phi) is 4.87. The molecule has 0 heterocycles. The SMILES string of the molecule is CCc1cccc(C(Cl)C(C)=O)c1C(O)C(=O)O. The molecule has 18 heavy (non-hydrogen) atoms. The molecule has 0 bridgehead atoms. The molecule has 2 atom stereocenters. The van der Waals surface area contributed by atoms with Crippen molar-refractivity contribution in [3.63, 3.8) is 0 Å². The number of aryl methyl sites for hydroxylation is 1. The van der Waals surface area contributed by atoms with Gasteiger partial charge in [-0.2, -0.15) is 0 Å². The lowest BCUT2D eigenvalue weighted by Gasteiger charge is -2.18. The summed E-state index contributed by atoms with van der Waals surface area (Å²) in [6.07, 6.45) is -1.12. The number of hydrogen-bond donors (Lipinski definition) is 2. The van der Waals surface area contributed by atoms with Gasteiger partial charge in [-0.1, -0.05) is 25.1 Å². The summed E-state index contributed by atoms with van der Waals surface area (Å²) in [7, 11) is 0. The molecule has 0 aromatic heterocycles. The van der Waals surface area contributed by atoms with Crippen LogP contribution in [-0.2, 0) is 16.0 Å². The van der Waals surface area contributed by atoms with Gasteiger partial charge in [-0.3, -0.25) is 4.79 Å². The third-order valence-electron chi connectivity index (χ3n) is 2.75. The Morgan fingerprint density at radius 2 is 2.00 bits per heavy atom. The Morgan fingerprint density at radius 3 is 2.44 bits per heavy atom. The molecule has 98 valence electrons. The van der Waals surface area contributed by atoms with E-state index in [4.69, 9.17) is 16.7 Å². The number of carbonyl (C=O) groups excluding carboxylic acids is 1. The Balaban J connectivity index is 3.42. The molecule has 1 rings (SSSR count). The quantitative estimate of drug-likeness (QED) is 0.805. The number of halogens is 1. The number of Topliss-reactive ketones (excluding diaryl/α,β-unsaturated/α-hetero) is 1. The number of carboxylic acids is 1. The average Bonchev–Trinajstić information content (AvgIpc) is 2.35. The van der Waals surface area contributed by atoms with Gasteiger partial charge in [0.05, 0.1) is 0 Å². The molecule has 0 aliphatic carbocycles. The number of carboxylic acid groups (broad SMARTS) is 1. The normalized spacial score (nSPS) is 14.0. The van der Waals surface area contributed by atoms with Gasteiger partial charge in [-0.25, -0.2) is 4.79 Å². The predicted molar refractivity (Wildman–Crippen MR) is 67.7 cm³/mol. The van der Waals surface area contributed by atoms with E-state index in [2.05, 4.69) is 0 Å². The standard InChI is InChI=1S/C13H15ClO4/c1-3-8-5-4-6-9(11(14)7(2)15)10(8)12(16)13(17)18/h4-6,11-12,16H,3H2,1-2H3,(H,17,18). The van der Waals surface area contributed by atoms with Crippen LogP contribution in [0.3, 0.4) is 0 Å². The minimum Gasteiger partial charge on any atom is -0.479 e. The summed E-state index contributed by atoms with van der Waals surface area (Å²) < 4.78 is 0. The van der Waals surface area contributed by atoms with E-state index in [9.17, 15) is 14.7 Å². The molecule has 0 saturated heterocycles. The van der Waals surface area contributed by atoms with Crippen LogP contribution in [0.2, 0.25) is 0 Å². The number of aliphatic hydroxyl groups is 1. The summed E-state index contributed by atoms with van der Waals surface area (Å²) in [5.74, 6) is -1.65. The van der Waals surface area contributed by atoms with Gasteiger partial charge in [-0.15, -0.1) is 11.6 Å². The van der Waals surface area contributed by atoms with Gasteiger partial charge < -0.3 is 10.2 Å². The van der Waals surface area contributed by atoms with Crippen molar-refractivity contribution in [2.45, 2.75) is 31.7 Å². The van der Waals surface area contributed by atoms with Crippen molar-refractivity contribution in [2.24, 2.45) is 0 Å². The third-order valence-corrected chi connectivity index (χ3v) is 3.29. The Labute approximate surface area is 110 Å². The van der Waals surface area contributed by atoms with Crippen LogP contribution in [-0.4, -0.2) is 22.0 Å². The highest BCUT2D eigenvalue weighted by molar-refractivity contribution is 6.31. The summed E-state index contributed by atoms with van der Waals surface area (Å²) in [5, 5.41) is 17.7. The first-order valence-electron chi connectivity index (χ1n) is 5.57. The first kappa shape index (κ1) is 14.7. The second-order valence-electron chi connectivity index (χ2n) is 3.99. The first-order valence-corrected chi connectivity index (χ1v) is 6.00. The van der Waals surface area contributed by atoms with Gasteiger partial charge in [-0.05, 0) is 24.5 Å². The van der Waals surface area contributed by atoms with E-state index >= 15 is 0 Å². The zero-order valence-corrected chi connectivity index (χ0v) is 10.9. The molecular formula is C13H15ClO4. The van der Waals surface area contributed by atoms with Gasteiger partial charge in [0, 0.05) is 5.56 Å². The van der Waals surface area contributed by atoms with Crippen molar-refractivity contribution in [3.05, 3.63) is 34.9 Å². The van der Waals surface area contributed by atoms with Crippen molar-refractivity contribution in [2.75, 3.05) is 0 Å². The Morgan fingerprint density at radius 1 is 1.39 bits per heavy atom. The van der Waals surface area contributed by atoms with Crippen molar-refractivity contribution in [3.8, 4) is 0 Å². The van der Waals surface area contributed by atoms with Gasteiger partial charge in [0.15, 0.2) is 11.9 Å². The summed E-state index contributed by atoms with van der Waals surface area (Å²) >= 11 is 5.97. The largest absolute Gasteiger partial charge is 0.479 e. The monoisotopic (exact) mass is 270 g/mol.